The molecule has 2 heterocycles. The number of benzene rings is 1. The van der Waals surface area contributed by atoms with Crippen LogP contribution < -0.4 is 4.74 Å². The molecule has 0 unspecified atom stereocenters. The number of hydroxylamine groups is 2. The summed E-state index contributed by atoms with van der Waals surface area (Å²) in [5.74, 6) is -1.02. The van der Waals surface area contributed by atoms with Crippen molar-refractivity contribution < 1.29 is 36.5 Å². The molecule has 0 spiro atoms. The van der Waals surface area contributed by atoms with Crippen molar-refractivity contribution in [2.75, 3.05) is 13.7 Å². The zero-order valence-electron chi connectivity index (χ0n) is 17.8. The Morgan fingerprint density at radius 3 is 2.58 bits per heavy atom. The second-order valence-electron chi connectivity index (χ2n) is 6.86. The molecule has 13 heteroatoms. The highest BCUT2D eigenvalue weighted by atomic mass is 32.2. The topological polar surface area (TPSA) is 104 Å². The van der Waals surface area contributed by atoms with Crippen molar-refractivity contribution in [1.29, 1.82) is 0 Å². The first-order valence-electron chi connectivity index (χ1n) is 9.44. The average Bonchev–Trinajstić information content (AvgIpc) is 3.12. The van der Waals surface area contributed by atoms with E-state index in [9.17, 15) is 27.0 Å². The molecule has 0 aliphatic carbocycles. The number of alkyl halides is 3. The first-order valence-corrected chi connectivity index (χ1v) is 10.8. The van der Waals surface area contributed by atoms with Crippen LogP contribution in [0.5, 0.6) is 5.75 Å². The number of hydrogen-bond donors (Lipinski definition) is 0. The highest BCUT2D eigenvalue weighted by Crippen LogP contribution is 2.26. The number of carbonyl (C=O) groups excluding carboxylic acids is 2. The van der Waals surface area contributed by atoms with Gasteiger partial charge >= 0.3 is 18.2 Å². The van der Waals surface area contributed by atoms with Gasteiger partial charge in [-0.15, -0.1) is 0 Å². The number of carbonyl (C=O) groups is 2. The number of nitrogens with zero attached hydrogens (tertiary/aromatic N) is 4. The molecule has 0 saturated carbocycles. The van der Waals surface area contributed by atoms with E-state index in [2.05, 4.69) is 9.97 Å². The minimum absolute atomic E-state index is 0.0477. The lowest BCUT2D eigenvalue weighted by atomic mass is 10.2. The van der Waals surface area contributed by atoms with E-state index in [0.717, 1.165) is 11.5 Å². The van der Waals surface area contributed by atoms with Gasteiger partial charge in [0.2, 0.25) is 5.16 Å². The Labute approximate surface area is 188 Å². The van der Waals surface area contributed by atoms with Gasteiger partial charge in [-0.25, -0.2) is 14.3 Å². The fourth-order valence-corrected chi connectivity index (χ4v) is 4.17. The number of ether oxygens (including phenoxy) is 1. The zero-order valence-corrected chi connectivity index (χ0v) is 18.6. The van der Waals surface area contributed by atoms with Crippen LogP contribution in [0.1, 0.15) is 18.2 Å². The van der Waals surface area contributed by atoms with Crippen LogP contribution >= 0.6 is 0 Å². The molecule has 0 fully saturated rings. The van der Waals surface area contributed by atoms with Crippen molar-refractivity contribution in [3.63, 3.8) is 0 Å². The van der Waals surface area contributed by atoms with Gasteiger partial charge in [0, 0.05) is 18.7 Å². The third-order valence-electron chi connectivity index (χ3n) is 4.38. The Kier molecular flexibility index (Phi) is 7.01. The second kappa shape index (κ2) is 9.57. The van der Waals surface area contributed by atoms with Crippen molar-refractivity contribution in [3.05, 3.63) is 47.8 Å². The predicted molar refractivity (Wildman–Crippen MR) is 111 cm³/mol. The highest BCUT2D eigenvalue weighted by molar-refractivity contribution is 7.84. The predicted octanol–water partition coefficient (Wildman–Crippen LogP) is 3.37. The summed E-state index contributed by atoms with van der Waals surface area (Å²) < 4.78 is 56.6. The summed E-state index contributed by atoms with van der Waals surface area (Å²) in [6.45, 7) is 1.14. The maximum absolute atomic E-state index is 13.2. The fourth-order valence-electron chi connectivity index (χ4n) is 2.92. The van der Waals surface area contributed by atoms with Gasteiger partial charge < -0.3 is 9.57 Å². The summed E-state index contributed by atoms with van der Waals surface area (Å²) in [4.78, 5) is 37.4. The molecule has 2 aromatic heterocycles. The molecular weight excluding hydrogens is 465 g/mol. The van der Waals surface area contributed by atoms with Gasteiger partial charge in [-0.3, -0.25) is 14.0 Å². The average molecular weight is 484 g/mol. The maximum Gasteiger partial charge on any atom is 0.422 e. The minimum atomic E-state index is -4.52. The Bertz CT molecular complexity index is 1230. The van der Waals surface area contributed by atoms with E-state index in [-0.39, 0.29) is 27.9 Å². The SMILES string of the molecule is CC(=O)ON(C)C(=O)n1c([S@](=O)Cc2nccc(OCC(F)(F)F)c2C)nc2ccccc21. The molecule has 3 aromatic rings. The molecule has 33 heavy (non-hydrogen) atoms. The number of fused-ring (bicyclic) bond motifs is 1. The number of amides is 1. The van der Waals surface area contributed by atoms with Crippen molar-refractivity contribution in [2.45, 2.75) is 30.9 Å². The van der Waals surface area contributed by atoms with Crippen LogP contribution in [0.2, 0.25) is 0 Å². The van der Waals surface area contributed by atoms with Crippen molar-refractivity contribution >= 4 is 33.8 Å². The first kappa shape index (κ1) is 24.2. The number of pyridine rings is 1. The normalized spacial score (nSPS) is 12.4. The fraction of sp³-hybridized carbons (Fsp3) is 0.300. The number of imidazole rings is 1. The van der Waals surface area contributed by atoms with E-state index in [1.54, 1.807) is 24.3 Å². The van der Waals surface area contributed by atoms with Crippen LogP contribution in [-0.4, -0.2) is 55.6 Å². The smallest absolute Gasteiger partial charge is 0.422 e. The molecule has 0 radical (unpaired) electrons. The molecule has 0 aliphatic heterocycles. The third kappa shape index (κ3) is 5.66. The van der Waals surface area contributed by atoms with E-state index in [1.165, 1.54) is 26.2 Å². The summed E-state index contributed by atoms with van der Waals surface area (Å²) in [5.41, 5.74) is 1.20. The van der Waals surface area contributed by atoms with Crippen LogP contribution in [0.15, 0.2) is 41.7 Å². The number of rotatable bonds is 5. The van der Waals surface area contributed by atoms with Gasteiger partial charge in [0.25, 0.3) is 0 Å². The van der Waals surface area contributed by atoms with Gasteiger partial charge in [0.1, 0.15) is 5.75 Å². The van der Waals surface area contributed by atoms with Crippen LogP contribution in [0, 0.1) is 6.92 Å². The monoisotopic (exact) mass is 484 g/mol. The minimum Gasteiger partial charge on any atom is -0.484 e. The van der Waals surface area contributed by atoms with E-state index in [0.29, 0.717) is 16.1 Å². The molecule has 0 saturated heterocycles. The van der Waals surface area contributed by atoms with Crippen LogP contribution in [-0.2, 0) is 26.2 Å². The van der Waals surface area contributed by atoms with Gasteiger partial charge in [-0.05, 0) is 25.1 Å². The van der Waals surface area contributed by atoms with Gasteiger partial charge in [0.15, 0.2) is 6.61 Å². The lowest BCUT2D eigenvalue weighted by Gasteiger charge is -2.17. The molecule has 1 aromatic carbocycles. The second-order valence-corrected chi connectivity index (χ2v) is 8.20. The maximum atomic E-state index is 13.2. The Balaban J connectivity index is 1.95. The molecule has 1 amide bonds. The molecular formula is C20H19F3N4O5S. The van der Waals surface area contributed by atoms with Crippen LogP contribution in [0.3, 0.4) is 0 Å². The highest BCUT2D eigenvalue weighted by Gasteiger charge is 2.29. The standard InChI is InChI=1S/C20H19F3N4O5S/c1-12-15(24-9-8-17(12)31-11-20(21,22)23)10-33(30)18-25-14-6-4-5-7-16(14)27(18)19(29)26(3)32-13(2)28/h4-9H,10-11H2,1-3H3/t33-/m1/s1. The van der Waals surface area contributed by atoms with E-state index < -0.39 is 35.6 Å². The largest absolute Gasteiger partial charge is 0.484 e. The Hall–Kier alpha value is -3.48. The number of halogens is 3. The summed E-state index contributed by atoms with van der Waals surface area (Å²) >= 11 is 0. The van der Waals surface area contributed by atoms with Gasteiger partial charge in [-0.1, -0.05) is 12.1 Å². The number of hydrogen-bond acceptors (Lipinski definition) is 7. The van der Waals surface area contributed by atoms with Gasteiger partial charge in [0.05, 0.1) is 40.3 Å². The lowest BCUT2D eigenvalue weighted by molar-refractivity contribution is -0.169. The van der Waals surface area contributed by atoms with Crippen LogP contribution in [0.4, 0.5) is 18.0 Å². The van der Waals surface area contributed by atoms with E-state index >= 15 is 0 Å². The van der Waals surface area contributed by atoms with Crippen molar-refractivity contribution in [2.24, 2.45) is 0 Å². The molecule has 0 N–H and O–H groups in total. The third-order valence-corrected chi connectivity index (χ3v) is 5.59. The molecule has 9 nitrogen and oxygen atoms in total. The molecule has 0 aliphatic rings. The summed E-state index contributed by atoms with van der Waals surface area (Å²) in [6, 6.07) is 6.99. The number of para-hydroxylation sites is 2. The van der Waals surface area contributed by atoms with Crippen molar-refractivity contribution in [1.82, 2.24) is 19.6 Å². The molecule has 3 rings (SSSR count). The van der Waals surface area contributed by atoms with Crippen molar-refractivity contribution in [3.8, 4) is 5.75 Å². The summed E-state index contributed by atoms with van der Waals surface area (Å²) in [5, 5.41) is 0.551. The molecule has 176 valence electrons. The quantitative estimate of drug-likeness (QED) is 0.512. The van der Waals surface area contributed by atoms with E-state index in [1.807, 2.05) is 0 Å². The number of aromatic nitrogens is 3. The molecule has 1 atom stereocenters. The summed E-state index contributed by atoms with van der Waals surface area (Å²) in [6.07, 6.45) is -3.27. The zero-order chi connectivity index (χ0) is 24.3. The van der Waals surface area contributed by atoms with Crippen LogP contribution in [0.25, 0.3) is 11.0 Å². The molecule has 0 bridgehead atoms. The Morgan fingerprint density at radius 2 is 1.91 bits per heavy atom. The van der Waals surface area contributed by atoms with E-state index in [4.69, 9.17) is 9.57 Å². The van der Waals surface area contributed by atoms with Gasteiger partial charge in [-0.2, -0.15) is 18.2 Å². The lowest BCUT2D eigenvalue weighted by Crippen LogP contribution is -2.33. The Morgan fingerprint density at radius 1 is 1.21 bits per heavy atom. The first-order chi connectivity index (χ1) is 15.5. The summed E-state index contributed by atoms with van der Waals surface area (Å²) in [7, 11) is -0.724.